The molecular formula is C28H34ClN3O4. The molecule has 192 valence electrons. The predicted octanol–water partition coefficient (Wildman–Crippen LogP) is 5.30. The second-order valence-corrected chi connectivity index (χ2v) is 10.1. The van der Waals surface area contributed by atoms with E-state index in [1.807, 2.05) is 30.5 Å². The summed E-state index contributed by atoms with van der Waals surface area (Å²) >= 11 is 6.44. The number of carboxylic acid groups (broad SMARTS) is 1. The number of aliphatic hydroxyl groups is 1. The highest BCUT2D eigenvalue weighted by molar-refractivity contribution is 6.32. The topological polar surface area (TPSA) is 95.8 Å². The van der Waals surface area contributed by atoms with Gasteiger partial charge < -0.3 is 19.8 Å². The van der Waals surface area contributed by atoms with Crippen molar-refractivity contribution in [3.8, 4) is 5.75 Å². The number of nitrogens with zero attached hydrogens (tertiary/aromatic N) is 3. The van der Waals surface area contributed by atoms with E-state index < -0.39 is 17.5 Å². The van der Waals surface area contributed by atoms with Crippen LogP contribution in [0.2, 0.25) is 5.02 Å². The van der Waals surface area contributed by atoms with Crippen LogP contribution in [0.25, 0.3) is 10.9 Å². The first kappa shape index (κ1) is 26.3. The number of halogens is 1. The Morgan fingerprint density at radius 1 is 1.22 bits per heavy atom. The van der Waals surface area contributed by atoms with E-state index in [1.54, 1.807) is 13.3 Å². The molecule has 0 amide bonds. The zero-order valence-electron chi connectivity index (χ0n) is 20.7. The molecule has 0 radical (unpaired) electrons. The predicted molar refractivity (Wildman–Crippen MR) is 140 cm³/mol. The van der Waals surface area contributed by atoms with Crippen LogP contribution in [0.4, 0.5) is 0 Å². The minimum Gasteiger partial charge on any atom is -0.497 e. The molecule has 1 saturated heterocycles. The summed E-state index contributed by atoms with van der Waals surface area (Å²) in [5.41, 5.74) is 1.70. The van der Waals surface area contributed by atoms with Crippen molar-refractivity contribution in [3.05, 3.63) is 65.1 Å². The van der Waals surface area contributed by atoms with Crippen LogP contribution in [0.5, 0.6) is 5.75 Å². The third-order valence-electron chi connectivity index (χ3n) is 7.48. The first-order chi connectivity index (χ1) is 17.4. The van der Waals surface area contributed by atoms with Crippen LogP contribution in [0.1, 0.15) is 55.8 Å². The maximum absolute atomic E-state index is 12.4. The van der Waals surface area contributed by atoms with Gasteiger partial charge in [0, 0.05) is 29.5 Å². The minimum absolute atomic E-state index is 0.313. The third kappa shape index (κ3) is 6.14. The number of pyridine rings is 2. The maximum atomic E-state index is 12.4. The van der Waals surface area contributed by atoms with Gasteiger partial charge in [-0.2, -0.15) is 0 Å². The molecule has 4 rings (SSSR count). The number of piperidine rings is 1. The molecule has 2 N–H and O–H groups in total. The van der Waals surface area contributed by atoms with Crippen LogP contribution in [0.15, 0.2) is 48.9 Å². The van der Waals surface area contributed by atoms with E-state index >= 15 is 0 Å². The number of methoxy groups -OCH3 is 1. The van der Waals surface area contributed by atoms with Crippen LogP contribution in [-0.2, 0) is 11.2 Å². The SMILES string of the molecule is COc1ccc2ncc(Cl)c(C(O)CCC3(C(=O)O)CCN(CCCCc4cccnc4)CC3)c2c1. The van der Waals surface area contributed by atoms with E-state index in [9.17, 15) is 15.0 Å². The van der Waals surface area contributed by atoms with Crippen molar-refractivity contribution in [1.82, 2.24) is 14.9 Å². The lowest BCUT2D eigenvalue weighted by Gasteiger charge is -2.39. The molecule has 1 atom stereocenters. The van der Waals surface area contributed by atoms with Crippen molar-refractivity contribution in [1.29, 1.82) is 0 Å². The lowest BCUT2D eigenvalue weighted by atomic mass is 9.74. The summed E-state index contributed by atoms with van der Waals surface area (Å²) in [6, 6.07) is 9.51. The fourth-order valence-electron chi connectivity index (χ4n) is 5.18. The summed E-state index contributed by atoms with van der Waals surface area (Å²) in [5.74, 6) is -0.131. The number of ether oxygens (including phenoxy) is 1. The number of benzene rings is 1. The highest BCUT2D eigenvalue weighted by Gasteiger charge is 2.41. The normalized spacial score (nSPS) is 16.6. The van der Waals surface area contributed by atoms with Gasteiger partial charge in [-0.3, -0.25) is 14.8 Å². The van der Waals surface area contributed by atoms with E-state index in [2.05, 4.69) is 20.9 Å². The molecule has 0 aliphatic carbocycles. The molecule has 1 aliphatic rings. The second kappa shape index (κ2) is 12.0. The molecule has 3 heterocycles. The summed E-state index contributed by atoms with van der Waals surface area (Å²) in [7, 11) is 1.58. The first-order valence-electron chi connectivity index (χ1n) is 12.6. The number of aliphatic hydroxyl groups excluding tert-OH is 1. The van der Waals surface area contributed by atoms with Crippen molar-refractivity contribution in [2.45, 2.75) is 51.0 Å². The van der Waals surface area contributed by atoms with Gasteiger partial charge >= 0.3 is 5.97 Å². The average Bonchev–Trinajstić information content (AvgIpc) is 2.90. The van der Waals surface area contributed by atoms with Gasteiger partial charge in [-0.25, -0.2) is 0 Å². The molecule has 36 heavy (non-hydrogen) atoms. The molecule has 1 aromatic carbocycles. The number of hydrogen-bond acceptors (Lipinski definition) is 6. The van der Waals surface area contributed by atoms with Crippen molar-refractivity contribution in [3.63, 3.8) is 0 Å². The summed E-state index contributed by atoms with van der Waals surface area (Å²) in [6.45, 7) is 2.48. The van der Waals surface area contributed by atoms with Crippen molar-refractivity contribution in [2.24, 2.45) is 5.41 Å². The molecule has 8 heteroatoms. The van der Waals surface area contributed by atoms with Gasteiger partial charge in [0.25, 0.3) is 0 Å². The monoisotopic (exact) mass is 511 g/mol. The molecule has 2 aromatic heterocycles. The number of aryl methyl sites for hydroxylation is 1. The number of likely N-dealkylation sites (tertiary alicyclic amines) is 1. The Morgan fingerprint density at radius 2 is 2.03 bits per heavy atom. The zero-order chi connectivity index (χ0) is 25.5. The quantitative estimate of drug-likeness (QED) is 0.337. The Hall–Kier alpha value is -2.74. The summed E-state index contributed by atoms with van der Waals surface area (Å²) < 4.78 is 5.33. The number of aliphatic carboxylic acids is 1. The fraction of sp³-hybridized carbons (Fsp3) is 0.464. The summed E-state index contributed by atoms with van der Waals surface area (Å²) in [6.07, 6.45) is 9.38. The average molecular weight is 512 g/mol. The van der Waals surface area contributed by atoms with E-state index in [0.29, 0.717) is 47.5 Å². The van der Waals surface area contributed by atoms with Gasteiger partial charge in [0.1, 0.15) is 5.75 Å². The highest BCUT2D eigenvalue weighted by atomic mass is 35.5. The molecule has 1 unspecified atom stereocenters. The maximum Gasteiger partial charge on any atom is 0.309 e. The van der Waals surface area contributed by atoms with Crippen LogP contribution < -0.4 is 4.74 Å². The number of fused-ring (bicyclic) bond motifs is 1. The fourth-order valence-corrected chi connectivity index (χ4v) is 5.45. The van der Waals surface area contributed by atoms with Crippen molar-refractivity contribution >= 4 is 28.5 Å². The van der Waals surface area contributed by atoms with E-state index in [0.717, 1.165) is 44.3 Å². The molecular weight excluding hydrogens is 478 g/mol. The number of rotatable bonds is 11. The Bertz CT molecular complexity index is 1170. The standard InChI is InChI=1S/C28H34ClN3O4/c1-36-21-7-8-24-22(17-21)26(23(29)19-31-24)25(33)9-10-28(27(34)35)11-15-32(16-12-28)14-3-2-5-20-6-4-13-30-18-20/h4,6-8,13,17-19,25,33H,2-3,5,9-12,14-16H2,1H3,(H,34,35). The van der Waals surface area contributed by atoms with Crippen molar-refractivity contribution in [2.75, 3.05) is 26.7 Å². The van der Waals surface area contributed by atoms with Crippen molar-refractivity contribution < 1.29 is 19.7 Å². The zero-order valence-corrected chi connectivity index (χ0v) is 21.5. The first-order valence-corrected chi connectivity index (χ1v) is 12.9. The lowest BCUT2D eigenvalue weighted by molar-refractivity contribution is -0.153. The van der Waals surface area contributed by atoms with Crippen LogP contribution in [0.3, 0.4) is 0 Å². The number of hydrogen-bond donors (Lipinski definition) is 2. The minimum atomic E-state index is -0.892. The number of carbonyl (C=O) groups is 1. The third-order valence-corrected chi connectivity index (χ3v) is 7.78. The molecule has 0 bridgehead atoms. The lowest BCUT2D eigenvalue weighted by Crippen LogP contribution is -2.44. The Morgan fingerprint density at radius 3 is 2.72 bits per heavy atom. The molecule has 1 aliphatic heterocycles. The molecule has 3 aromatic rings. The van der Waals surface area contributed by atoms with Gasteiger partial charge in [0.05, 0.1) is 29.2 Å². The Labute approximate surface area is 217 Å². The van der Waals surface area contributed by atoms with Gasteiger partial charge in [0.15, 0.2) is 0 Å². The highest BCUT2D eigenvalue weighted by Crippen LogP contribution is 2.41. The second-order valence-electron chi connectivity index (χ2n) is 9.70. The molecule has 0 spiro atoms. The molecule has 7 nitrogen and oxygen atoms in total. The Kier molecular flexibility index (Phi) is 8.77. The number of aromatic nitrogens is 2. The number of carboxylic acids is 1. The van der Waals surface area contributed by atoms with E-state index in [1.165, 1.54) is 11.8 Å². The van der Waals surface area contributed by atoms with Gasteiger partial charge in [0.2, 0.25) is 0 Å². The Balaban J connectivity index is 1.34. The molecule has 1 fully saturated rings. The van der Waals surface area contributed by atoms with Crippen LogP contribution >= 0.6 is 11.6 Å². The largest absolute Gasteiger partial charge is 0.497 e. The van der Waals surface area contributed by atoms with Gasteiger partial charge in [-0.05, 0) is 94.4 Å². The van der Waals surface area contributed by atoms with Gasteiger partial charge in [-0.15, -0.1) is 0 Å². The number of unbranched alkanes of at least 4 members (excludes halogenated alkanes) is 1. The van der Waals surface area contributed by atoms with E-state index in [4.69, 9.17) is 16.3 Å². The summed E-state index contributed by atoms with van der Waals surface area (Å²) in [4.78, 5) is 23.2. The van der Waals surface area contributed by atoms with E-state index in [-0.39, 0.29) is 0 Å². The van der Waals surface area contributed by atoms with Crippen LogP contribution in [-0.4, -0.2) is 57.8 Å². The van der Waals surface area contributed by atoms with Gasteiger partial charge in [-0.1, -0.05) is 17.7 Å². The summed E-state index contributed by atoms with van der Waals surface area (Å²) in [5, 5.41) is 22.3. The van der Waals surface area contributed by atoms with Crippen LogP contribution in [0, 0.1) is 5.41 Å². The smallest absolute Gasteiger partial charge is 0.309 e. The molecule has 0 saturated carbocycles.